The molecule has 0 aliphatic heterocycles. The molecule has 0 saturated heterocycles. The molecule has 0 fully saturated rings. The number of nitrogens with zero attached hydrogens (tertiary/aromatic N) is 2. The lowest BCUT2D eigenvalue weighted by Gasteiger charge is -2.16. The Kier molecular flexibility index (Phi) is 3.33. The fourth-order valence-corrected chi connectivity index (χ4v) is 2.31. The van der Waals surface area contributed by atoms with E-state index in [0.717, 1.165) is 27.8 Å². The number of nitrogens with one attached hydrogen (secondary N) is 1. The van der Waals surface area contributed by atoms with Crippen LogP contribution in [0.4, 0.5) is 5.69 Å². The Balaban J connectivity index is 1.97. The lowest BCUT2D eigenvalue weighted by atomic mass is 10.1. The first kappa shape index (κ1) is 12.6. The van der Waals surface area contributed by atoms with Crippen LogP contribution in [0.5, 0.6) is 0 Å². The van der Waals surface area contributed by atoms with Gasteiger partial charge in [-0.15, -0.1) is 0 Å². The molecule has 2 aromatic heterocycles. The Bertz CT molecular complexity index is 723. The first-order chi connectivity index (χ1) is 9.74. The first-order valence-corrected chi connectivity index (χ1v) is 6.77. The molecule has 2 heterocycles. The number of anilines is 1. The molecule has 3 rings (SSSR count). The summed E-state index contributed by atoms with van der Waals surface area (Å²) >= 11 is 0. The summed E-state index contributed by atoms with van der Waals surface area (Å²) in [5.74, 6) is 0. The number of benzene rings is 1. The largest absolute Gasteiger partial charge is 0.377 e. The van der Waals surface area contributed by atoms with E-state index in [9.17, 15) is 0 Å². The third-order valence-corrected chi connectivity index (χ3v) is 3.42. The number of aryl methyl sites for hydroxylation is 1. The molecular weight excluding hydrogens is 246 g/mol. The third kappa shape index (κ3) is 2.48. The van der Waals surface area contributed by atoms with Crippen LogP contribution in [-0.2, 0) is 0 Å². The molecule has 0 aliphatic carbocycles. The van der Waals surface area contributed by atoms with Crippen molar-refractivity contribution in [2.75, 3.05) is 5.32 Å². The van der Waals surface area contributed by atoms with E-state index in [4.69, 9.17) is 0 Å². The smallest absolute Gasteiger partial charge is 0.0936 e. The van der Waals surface area contributed by atoms with Crippen LogP contribution in [0.1, 0.15) is 24.2 Å². The number of fused-ring (bicyclic) bond motifs is 1. The van der Waals surface area contributed by atoms with Gasteiger partial charge in [0.05, 0.1) is 17.2 Å². The number of hydrogen-bond acceptors (Lipinski definition) is 3. The van der Waals surface area contributed by atoms with Gasteiger partial charge in [0, 0.05) is 23.5 Å². The van der Waals surface area contributed by atoms with E-state index in [1.165, 1.54) is 0 Å². The second-order valence-electron chi connectivity index (χ2n) is 4.98. The van der Waals surface area contributed by atoms with Crippen LogP contribution in [0.25, 0.3) is 10.9 Å². The highest BCUT2D eigenvalue weighted by atomic mass is 14.9. The van der Waals surface area contributed by atoms with Crippen molar-refractivity contribution in [1.82, 2.24) is 9.97 Å². The molecular formula is C17H17N3. The maximum atomic E-state index is 4.64. The highest BCUT2D eigenvalue weighted by Gasteiger charge is 2.08. The van der Waals surface area contributed by atoms with E-state index < -0.39 is 0 Å². The van der Waals surface area contributed by atoms with E-state index >= 15 is 0 Å². The van der Waals surface area contributed by atoms with Crippen molar-refractivity contribution < 1.29 is 0 Å². The van der Waals surface area contributed by atoms with Gasteiger partial charge in [0.1, 0.15) is 0 Å². The Morgan fingerprint density at radius 2 is 1.95 bits per heavy atom. The second kappa shape index (κ2) is 5.29. The zero-order valence-electron chi connectivity index (χ0n) is 11.7. The Morgan fingerprint density at radius 3 is 2.75 bits per heavy atom. The van der Waals surface area contributed by atoms with Gasteiger partial charge in [-0.05, 0) is 37.6 Å². The predicted octanol–water partition coefficient (Wildman–Crippen LogP) is 4.11. The van der Waals surface area contributed by atoms with E-state index in [2.05, 4.69) is 52.5 Å². The standard InChI is InChI=1S/C17H17N3/c1-12-8-9-14-5-3-7-16(17(14)19-12)20-13(2)15-6-4-10-18-11-15/h3-11,13,20H,1-2H3. The van der Waals surface area contributed by atoms with Gasteiger partial charge < -0.3 is 5.32 Å². The maximum Gasteiger partial charge on any atom is 0.0936 e. The van der Waals surface area contributed by atoms with Gasteiger partial charge in [0.15, 0.2) is 0 Å². The normalized spacial score (nSPS) is 12.3. The van der Waals surface area contributed by atoms with Crippen LogP contribution >= 0.6 is 0 Å². The molecule has 0 bridgehead atoms. The summed E-state index contributed by atoms with van der Waals surface area (Å²) < 4.78 is 0. The number of para-hydroxylation sites is 1. The zero-order valence-corrected chi connectivity index (χ0v) is 11.7. The molecule has 1 atom stereocenters. The average molecular weight is 263 g/mol. The monoisotopic (exact) mass is 263 g/mol. The van der Waals surface area contributed by atoms with Gasteiger partial charge in [0.25, 0.3) is 0 Å². The van der Waals surface area contributed by atoms with Crippen molar-refractivity contribution in [2.24, 2.45) is 0 Å². The van der Waals surface area contributed by atoms with Crippen molar-refractivity contribution in [3.05, 3.63) is 66.1 Å². The predicted molar refractivity (Wildman–Crippen MR) is 82.8 cm³/mol. The molecule has 1 N–H and O–H groups in total. The lowest BCUT2D eigenvalue weighted by Crippen LogP contribution is -2.07. The molecule has 1 aromatic carbocycles. The van der Waals surface area contributed by atoms with E-state index in [1.807, 2.05) is 25.3 Å². The van der Waals surface area contributed by atoms with Crippen LogP contribution < -0.4 is 5.32 Å². The average Bonchev–Trinajstić information content (AvgIpc) is 2.49. The summed E-state index contributed by atoms with van der Waals surface area (Å²) in [6, 6.07) is 14.6. The van der Waals surface area contributed by atoms with Gasteiger partial charge in [0.2, 0.25) is 0 Å². The second-order valence-corrected chi connectivity index (χ2v) is 4.98. The van der Waals surface area contributed by atoms with Crippen molar-refractivity contribution in [3.63, 3.8) is 0 Å². The number of aromatic nitrogens is 2. The van der Waals surface area contributed by atoms with Crippen molar-refractivity contribution in [2.45, 2.75) is 19.9 Å². The molecule has 100 valence electrons. The lowest BCUT2D eigenvalue weighted by molar-refractivity contribution is 0.877. The molecule has 0 radical (unpaired) electrons. The number of hydrogen-bond donors (Lipinski definition) is 1. The summed E-state index contributed by atoms with van der Waals surface area (Å²) in [7, 11) is 0. The fourth-order valence-electron chi connectivity index (χ4n) is 2.31. The molecule has 0 aliphatic rings. The van der Waals surface area contributed by atoms with Crippen LogP contribution in [0.2, 0.25) is 0 Å². The van der Waals surface area contributed by atoms with Gasteiger partial charge in [-0.2, -0.15) is 0 Å². The van der Waals surface area contributed by atoms with Crippen molar-refractivity contribution in [3.8, 4) is 0 Å². The first-order valence-electron chi connectivity index (χ1n) is 6.77. The summed E-state index contributed by atoms with van der Waals surface area (Å²) in [6.07, 6.45) is 3.68. The highest BCUT2D eigenvalue weighted by Crippen LogP contribution is 2.25. The summed E-state index contributed by atoms with van der Waals surface area (Å²) in [4.78, 5) is 8.81. The van der Waals surface area contributed by atoms with Gasteiger partial charge in [-0.1, -0.05) is 24.3 Å². The quantitative estimate of drug-likeness (QED) is 0.772. The van der Waals surface area contributed by atoms with Crippen molar-refractivity contribution in [1.29, 1.82) is 0 Å². The molecule has 0 saturated carbocycles. The molecule has 1 unspecified atom stereocenters. The summed E-state index contributed by atoms with van der Waals surface area (Å²) in [5.41, 5.74) is 4.27. The molecule has 0 amide bonds. The van der Waals surface area contributed by atoms with Crippen LogP contribution in [0, 0.1) is 6.92 Å². The number of rotatable bonds is 3. The highest BCUT2D eigenvalue weighted by molar-refractivity contribution is 5.90. The minimum absolute atomic E-state index is 0.191. The molecule has 0 spiro atoms. The molecule has 3 nitrogen and oxygen atoms in total. The van der Waals surface area contributed by atoms with E-state index in [0.29, 0.717) is 0 Å². The van der Waals surface area contributed by atoms with Crippen LogP contribution in [0.3, 0.4) is 0 Å². The Morgan fingerprint density at radius 1 is 1.05 bits per heavy atom. The summed E-state index contributed by atoms with van der Waals surface area (Å²) in [6.45, 7) is 4.15. The van der Waals surface area contributed by atoms with Crippen LogP contribution in [-0.4, -0.2) is 9.97 Å². The van der Waals surface area contributed by atoms with E-state index in [1.54, 1.807) is 6.20 Å². The maximum absolute atomic E-state index is 4.64. The molecule has 20 heavy (non-hydrogen) atoms. The zero-order chi connectivity index (χ0) is 13.9. The van der Waals surface area contributed by atoms with Crippen molar-refractivity contribution >= 4 is 16.6 Å². The molecule has 3 heteroatoms. The fraction of sp³-hybridized carbons (Fsp3) is 0.176. The van der Waals surface area contributed by atoms with Gasteiger partial charge in [-0.25, -0.2) is 0 Å². The molecule has 3 aromatic rings. The third-order valence-electron chi connectivity index (χ3n) is 3.42. The number of pyridine rings is 2. The Hall–Kier alpha value is -2.42. The minimum atomic E-state index is 0.191. The Labute approximate surface area is 118 Å². The minimum Gasteiger partial charge on any atom is -0.377 e. The van der Waals surface area contributed by atoms with Gasteiger partial charge in [-0.3, -0.25) is 9.97 Å². The van der Waals surface area contributed by atoms with E-state index in [-0.39, 0.29) is 6.04 Å². The van der Waals surface area contributed by atoms with Crippen LogP contribution in [0.15, 0.2) is 54.9 Å². The van der Waals surface area contributed by atoms with Gasteiger partial charge >= 0.3 is 0 Å². The topological polar surface area (TPSA) is 37.8 Å². The summed E-state index contributed by atoms with van der Waals surface area (Å²) in [5, 5.41) is 4.68. The SMILES string of the molecule is Cc1ccc2cccc(NC(C)c3cccnc3)c2n1.